The van der Waals surface area contributed by atoms with Gasteiger partial charge in [0.05, 0.1) is 18.0 Å². The van der Waals surface area contributed by atoms with Gasteiger partial charge in [-0.05, 0) is 42.8 Å². The van der Waals surface area contributed by atoms with E-state index in [0.29, 0.717) is 29.4 Å². The number of hydrogen-bond acceptors (Lipinski definition) is 6. The second kappa shape index (κ2) is 10.9. The van der Waals surface area contributed by atoms with Gasteiger partial charge in [-0.25, -0.2) is 4.98 Å². The maximum absolute atomic E-state index is 12.9. The quantitative estimate of drug-likeness (QED) is 0.318. The van der Waals surface area contributed by atoms with Crippen molar-refractivity contribution in [3.05, 3.63) is 64.2 Å². The highest BCUT2D eigenvalue weighted by atomic mass is 32.1. The fourth-order valence-corrected chi connectivity index (χ4v) is 4.91. The minimum absolute atomic E-state index is 0.0358. The number of carbonyl (C=O) groups excluding carboxylic acids is 2. The first-order chi connectivity index (χ1) is 16.5. The number of nitrogens with zero attached hydrogens (tertiary/aromatic N) is 4. The molecule has 0 bridgehead atoms. The standard InChI is InChI=1S/C24H28N6O2S2/c1-3-5-6-16-7-9-19(10-8-16)30-14-17(12-21(30)31)22(32)26-23-25-18(15-34-23)13-20-27-28-24(33)29(20)11-4-2/h4,7-10,15,17H,2-3,5-6,11-14H2,1H3,(H,28,33)(H,25,26,32). The molecule has 34 heavy (non-hydrogen) atoms. The van der Waals surface area contributed by atoms with Gasteiger partial charge in [-0.15, -0.1) is 17.9 Å². The number of rotatable bonds is 10. The normalized spacial score (nSPS) is 15.6. The van der Waals surface area contributed by atoms with Crippen LogP contribution in [0.3, 0.4) is 0 Å². The van der Waals surface area contributed by atoms with Crippen LogP contribution in [0, 0.1) is 10.7 Å². The van der Waals surface area contributed by atoms with Crippen LogP contribution in [0.1, 0.15) is 43.3 Å². The van der Waals surface area contributed by atoms with Crippen molar-refractivity contribution in [3.8, 4) is 0 Å². The first-order valence-electron chi connectivity index (χ1n) is 11.4. The molecular formula is C24H28N6O2S2. The van der Waals surface area contributed by atoms with Gasteiger partial charge in [-0.3, -0.25) is 19.3 Å². The summed E-state index contributed by atoms with van der Waals surface area (Å²) in [5.74, 6) is 0.117. The summed E-state index contributed by atoms with van der Waals surface area (Å²) in [5, 5.41) is 12.3. The Labute approximate surface area is 207 Å². The van der Waals surface area contributed by atoms with Crippen molar-refractivity contribution < 1.29 is 9.59 Å². The Hall–Kier alpha value is -3.11. The van der Waals surface area contributed by atoms with E-state index in [2.05, 4.69) is 46.1 Å². The van der Waals surface area contributed by atoms with E-state index in [0.717, 1.165) is 36.5 Å². The maximum atomic E-state index is 12.9. The number of thiazole rings is 1. The topological polar surface area (TPSA) is 95.9 Å². The molecule has 3 aromatic rings. The number of anilines is 2. The van der Waals surface area contributed by atoms with Gasteiger partial charge in [0.1, 0.15) is 5.82 Å². The van der Waals surface area contributed by atoms with Crippen LogP contribution in [0.5, 0.6) is 0 Å². The third-order valence-electron chi connectivity index (χ3n) is 5.83. The third-order valence-corrected chi connectivity index (χ3v) is 6.95. The van der Waals surface area contributed by atoms with Gasteiger partial charge < -0.3 is 10.2 Å². The average molecular weight is 497 g/mol. The third kappa shape index (κ3) is 5.51. The van der Waals surface area contributed by atoms with Crippen molar-refractivity contribution in [2.45, 2.75) is 45.6 Å². The van der Waals surface area contributed by atoms with Crippen molar-refractivity contribution in [2.24, 2.45) is 5.92 Å². The Morgan fingerprint density at radius 2 is 2.18 bits per heavy atom. The molecule has 1 aliphatic rings. The Morgan fingerprint density at radius 3 is 2.91 bits per heavy atom. The Balaban J connectivity index is 1.36. The molecule has 0 radical (unpaired) electrons. The molecule has 4 rings (SSSR count). The molecular weight excluding hydrogens is 468 g/mol. The average Bonchev–Trinajstić information content (AvgIpc) is 3.53. The summed E-state index contributed by atoms with van der Waals surface area (Å²) in [7, 11) is 0. The number of aromatic nitrogens is 4. The summed E-state index contributed by atoms with van der Waals surface area (Å²) in [6.45, 7) is 6.85. The van der Waals surface area contributed by atoms with Crippen LogP contribution in [0.25, 0.3) is 0 Å². The Bertz CT molecular complexity index is 1230. The molecule has 178 valence electrons. The number of benzene rings is 1. The number of hydrogen-bond donors (Lipinski definition) is 2. The van der Waals surface area contributed by atoms with Gasteiger partial charge in [0.2, 0.25) is 11.8 Å². The van der Waals surface area contributed by atoms with Crippen LogP contribution in [0.4, 0.5) is 10.8 Å². The fraction of sp³-hybridized carbons (Fsp3) is 0.375. The molecule has 1 fully saturated rings. The summed E-state index contributed by atoms with van der Waals surface area (Å²) in [4.78, 5) is 31.7. The molecule has 1 saturated heterocycles. The molecule has 10 heteroatoms. The summed E-state index contributed by atoms with van der Waals surface area (Å²) in [6, 6.07) is 8.07. The first-order valence-corrected chi connectivity index (χ1v) is 12.7. The lowest BCUT2D eigenvalue weighted by Gasteiger charge is -2.17. The molecule has 2 aromatic heterocycles. The lowest BCUT2D eigenvalue weighted by molar-refractivity contribution is -0.122. The van der Waals surface area contributed by atoms with Crippen LogP contribution in [0.2, 0.25) is 0 Å². The van der Waals surface area contributed by atoms with Crippen molar-refractivity contribution in [1.82, 2.24) is 19.7 Å². The molecule has 0 spiro atoms. The van der Waals surface area contributed by atoms with Crippen molar-refractivity contribution in [1.29, 1.82) is 0 Å². The van der Waals surface area contributed by atoms with Gasteiger partial charge in [0.25, 0.3) is 0 Å². The number of carbonyl (C=O) groups is 2. The predicted molar refractivity (Wildman–Crippen MR) is 137 cm³/mol. The molecule has 8 nitrogen and oxygen atoms in total. The van der Waals surface area contributed by atoms with Crippen LogP contribution in [-0.2, 0) is 29.0 Å². The van der Waals surface area contributed by atoms with Crippen molar-refractivity contribution in [2.75, 3.05) is 16.8 Å². The molecule has 1 unspecified atom stereocenters. The zero-order valence-corrected chi connectivity index (χ0v) is 20.8. The number of unbranched alkanes of at least 4 members (excludes halogenated alkanes) is 1. The number of nitrogens with one attached hydrogen (secondary N) is 2. The molecule has 2 amide bonds. The fourth-order valence-electron chi connectivity index (χ4n) is 3.97. The van der Waals surface area contributed by atoms with E-state index in [1.165, 1.54) is 16.9 Å². The zero-order chi connectivity index (χ0) is 24.1. The predicted octanol–water partition coefficient (Wildman–Crippen LogP) is 4.51. The van der Waals surface area contributed by atoms with E-state index in [9.17, 15) is 9.59 Å². The van der Waals surface area contributed by atoms with Gasteiger partial charge in [-0.2, -0.15) is 5.10 Å². The summed E-state index contributed by atoms with van der Waals surface area (Å²) in [6.07, 6.45) is 5.77. The number of H-pyrrole nitrogens is 1. The van der Waals surface area contributed by atoms with Crippen LogP contribution >= 0.6 is 23.6 Å². The van der Waals surface area contributed by atoms with Crippen molar-refractivity contribution in [3.63, 3.8) is 0 Å². The molecule has 2 N–H and O–H groups in total. The lowest BCUT2D eigenvalue weighted by atomic mass is 10.1. The molecule has 1 aromatic carbocycles. The highest BCUT2D eigenvalue weighted by molar-refractivity contribution is 7.71. The summed E-state index contributed by atoms with van der Waals surface area (Å²) in [5.41, 5.74) is 2.89. The first kappa shape index (κ1) is 24.0. The van der Waals surface area contributed by atoms with E-state index >= 15 is 0 Å². The number of aromatic amines is 1. The van der Waals surface area contributed by atoms with E-state index in [-0.39, 0.29) is 18.2 Å². The molecule has 3 heterocycles. The molecule has 1 aliphatic heterocycles. The highest BCUT2D eigenvalue weighted by Gasteiger charge is 2.35. The van der Waals surface area contributed by atoms with Gasteiger partial charge >= 0.3 is 0 Å². The number of allylic oxidation sites excluding steroid dienone is 1. The molecule has 1 atom stereocenters. The Morgan fingerprint density at radius 1 is 1.38 bits per heavy atom. The SMILES string of the molecule is C=CCn1c(Cc2csc(NC(=O)C3CC(=O)N(c4ccc(CCCC)cc4)C3)n2)n[nH]c1=S. The molecule has 0 saturated carbocycles. The maximum Gasteiger partial charge on any atom is 0.231 e. The van der Waals surface area contributed by atoms with Crippen LogP contribution in [0.15, 0.2) is 42.3 Å². The minimum atomic E-state index is -0.413. The summed E-state index contributed by atoms with van der Waals surface area (Å²) >= 11 is 6.60. The zero-order valence-electron chi connectivity index (χ0n) is 19.1. The second-order valence-corrected chi connectivity index (χ2v) is 9.57. The monoisotopic (exact) mass is 496 g/mol. The summed E-state index contributed by atoms with van der Waals surface area (Å²) < 4.78 is 2.39. The largest absolute Gasteiger partial charge is 0.312 e. The smallest absolute Gasteiger partial charge is 0.231 e. The van der Waals surface area contributed by atoms with Crippen LogP contribution in [-0.4, -0.2) is 38.1 Å². The lowest BCUT2D eigenvalue weighted by Crippen LogP contribution is -2.28. The minimum Gasteiger partial charge on any atom is -0.312 e. The van der Waals surface area contributed by atoms with Gasteiger partial charge in [-0.1, -0.05) is 31.6 Å². The van der Waals surface area contributed by atoms with E-state index in [1.54, 1.807) is 11.0 Å². The second-order valence-electron chi connectivity index (χ2n) is 8.33. The van der Waals surface area contributed by atoms with Gasteiger partial charge in [0.15, 0.2) is 9.90 Å². The highest BCUT2D eigenvalue weighted by Crippen LogP contribution is 2.27. The van der Waals surface area contributed by atoms with Crippen molar-refractivity contribution >= 4 is 46.2 Å². The number of amides is 2. The van der Waals surface area contributed by atoms with Crippen LogP contribution < -0.4 is 10.2 Å². The Kier molecular flexibility index (Phi) is 7.69. The van der Waals surface area contributed by atoms with Gasteiger partial charge in [0, 0.05) is 30.6 Å². The molecule has 0 aliphatic carbocycles. The number of aryl methyl sites for hydroxylation is 1. The van der Waals surface area contributed by atoms with E-state index < -0.39 is 5.92 Å². The van der Waals surface area contributed by atoms with E-state index in [4.69, 9.17) is 12.2 Å². The van der Waals surface area contributed by atoms with E-state index in [1.807, 2.05) is 22.1 Å².